The summed E-state index contributed by atoms with van der Waals surface area (Å²) in [6.45, 7) is 19.3. The molecule has 0 aliphatic heterocycles. The Balaban J connectivity index is 1.16. The molecule has 0 aliphatic carbocycles. The molecule has 0 spiro atoms. The highest BCUT2D eigenvalue weighted by Crippen LogP contribution is 2.28. The van der Waals surface area contributed by atoms with Crippen LogP contribution in [0.3, 0.4) is 0 Å². The van der Waals surface area contributed by atoms with Crippen molar-refractivity contribution in [3.63, 3.8) is 0 Å². The van der Waals surface area contributed by atoms with Gasteiger partial charge in [-0.3, -0.25) is 14.3 Å². The molecule has 0 aliphatic rings. The fourth-order valence-electron chi connectivity index (χ4n) is 6.43. The molecular formula is C43H66N12O6S. The van der Waals surface area contributed by atoms with E-state index in [-0.39, 0.29) is 52.5 Å². The van der Waals surface area contributed by atoms with Crippen LogP contribution in [0, 0.1) is 5.41 Å². The highest BCUT2D eigenvalue weighted by Gasteiger charge is 2.28. The molecule has 0 saturated heterocycles. The molecule has 4 rings (SSSR count). The number of nitrogens with one attached hydrogen (secondary N) is 2. The zero-order chi connectivity index (χ0) is 45.9. The second kappa shape index (κ2) is 21.3. The minimum atomic E-state index is -1.25. The van der Waals surface area contributed by atoms with Crippen molar-refractivity contribution in [3.8, 4) is 0 Å². The number of aromatic nitrogens is 7. The van der Waals surface area contributed by atoms with Crippen LogP contribution in [-0.2, 0) is 37.6 Å². The van der Waals surface area contributed by atoms with Crippen LogP contribution in [0.5, 0.6) is 0 Å². The first-order chi connectivity index (χ1) is 29.0. The fourth-order valence-corrected chi connectivity index (χ4v) is 7.21. The summed E-state index contributed by atoms with van der Waals surface area (Å²) >= 11 is 1.78. The van der Waals surface area contributed by atoms with Crippen molar-refractivity contribution in [1.29, 1.82) is 0 Å². The molecule has 340 valence electrons. The van der Waals surface area contributed by atoms with Gasteiger partial charge in [-0.2, -0.15) is 21.7 Å². The third kappa shape index (κ3) is 15.3. The maximum absolute atomic E-state index is 13.0. The zero-order valence-corrected chi connectivity index (χ0v) is 38.8. The van der Waals surface area contributed by atoms with Crippen molar-refractivity contribution in [2.75, 3.05) is 55.2 Å². The van der Waals surface area contributed by atoms with Crippen molar-refractivity contribution in [3.05, 3.63) is 53.6 Å². The van der Waals surface area contributed by atoms with Gasteiger partial charge >= 0.3 is 5.97 Å². The third-order valence-corrected chi connectivity index (χ3v) is 11.6. The van der Waals surface area contributed by atoms with E-state index in [4.69, 9.17) is 20.9 Å². The number of nitrogens with two attached hydrogens (primary N) is 2. The number of anilines is 3. The van der Waals surface area contributed by atoms with E-state index in [0.717, 1.165) is 30.0 Å². The van der Waals surface area contributed by atoms with Crippen LogP contribution in [0.15, 0.2) is 36.7 Å². The number of carbonyl (C=O) groups excluding carboxylic acids is 2. The number of aryl methyl sites for hydroxylation is 1. The number of benzene rings is 1. The van der Waals surface area contributed by atoms with Crippen LogP contribution in [0.1, 0.15) is 109 Å². The third-order valence-electron chi connectivity index (χ3n) is 10.7. The smallest absolute Gasteiger partial charge is 0.326 e. The topological polar surface area (TPSA) is 252 Å². The number of amides is 2. The molecule has 1 unspecified atom stereocenters. The van der Waals surface area contributed by atoms with Gasteiger partial charge < -0.3 is 41.6 Å². The highest BCUT2D eigenvalue weighted by atomic mass is 32.2. The summed E-state index contributed by atoms with van der Waals surface area (Å²) < 4.78 is 14.3. The average molecular weight is 879 g/mol. The van der Waals surface area contributed by atoms with Gasteiger partial charge in [-0.05, 0) is 89.3 Å². The lowest BCUT2D eigenvalue weighted by Crippen LogP contribution is -2.42. The van der Waals surface area contributed by atoms with Crippen LogP contribution in [0.4, 0.5) is 17.5 Å². The number of carbonyl (C=O) groups is 3. The van der Waals surface area contributed by atoms with E-state index in [1.807, 2.05) is 36.7 Å². The molecule has 2 amide bonds. The molecular weight excluding hydrogens is 813 g/mol. The van der Waals surface area contributed by atoms with Crippen LogP contribution in [-0.4, -0.2) is 114 Å². The largest absolute Gasteiger partial charge is 0.480 e. The van der Waals surface area contributed by atoms with Crippen molar-refractivity contribution >= 4 is 58.2 Å². The van der Waals surface area contributed by atoms with Gasteiger partial charge in [0.2, 0.25) is 11.9 Å². The zero-order valence-electron chi connectivity index (χ0n) is 37.9. The quantitative estimate of drug-likeness (QED) is 0.0586. The lowest BCUT2D eigenvalue weighted by Gasteiger charge is -2.30. The molecule has 0 fully saturated rings. The lowest BCUT2D eigenvalue weighted by atomic mass is 9.86. The Labute approximate surface area is 369 Å². The predicted molar refractivity (Wildman–Crippen MR) is 243 cm³/mol. The summed E-state index contributed by atoms with van der Waals surface area (Å²) in [5, 5.41) is 24.2. The summed E-state index contributed by atoms with van der Waals surface area (Å²) in [4.78, 5) is 56.6. The number of aliphatic carboxylic acids is 1. The molecule has 3 aromatic heterocycles. The van der Waals surface area contributed by atoms with Gasteiger partial charge in [0, 0.05) is 68.4 Å². The number of hydrogen-bond acceptors (Lipinski definition) is 15. The lowest BCUT2D eigenvalue weighted by molar-refractivity contribution is -0.139. The number of nitrogen functional groups attached to an aromatic ring is 2. The summed E-state index contributed by atoms with van der Waals surface area (Å²) in [5.41, 5.74) is 13.8. The van der Waals surface area contributed by atoms with E-state index >= 15 is 0 Å². The van der Waals surface area contributed by atoms with Crippen molar-refractivity contribution in [2.45, 2.75) is 123 Å². The Morgan fingerprint density at radius 3 is 2.29 bits per heavy atom. The number of thioether (sulfide) groups is 1. The Bertz CT molecular complexity index is 2130. The monoisotopic (exact) mass is 878 g/mol. The number of fused-ring (bicyclic) bond motifs is 1. The first kappa shape index (κ1) is 49.5. The Kier molecular flexibility index (Phi) is 17.0. The Morgan fingerprint density at radius 1 is 0.935 bits per heavy atom. The minimum absolute atomic E-state index is 0.0153. The van der Waals surface area contributed by atoms with Gasteiger partial charge in [-0.25, -0.2) is 14.8 Å². The van der Waals surface area contributed by atoms with E-state index < -0.39 is 23.5 Å². The van der Waals surface area contributed by atoms with E-state index in [2.05, 4.69) is 88.7 Å². The molecule has 62 heavy (non-hydrogen) atoms. The predicted octanol–water partition coefficient (Wildman–Crippen LogP) is 5.02. The molecule has 1 atom stereocenters. The number of hydrogen-bond donors (Lipinski definition) is 5. The number of carboxylic acids is 1. The van der Waals surface area contributed by atoms with Gasteiger partial charge in [-0.1, -0.05) is 32.9 Å². The fraction of sp³-hybridized carbons (Fsp3) is 0.605. The molecule has 18 nitrogen and oxygen atoms in total. The van der Waals surface area contributed by atoms with Crippen molar-refractivity contribution in [2.24, 2.45) is 5.41 Å². The first-order valence-corrected chi connectivity index (χ1v) is 22.2. The second-order valence-corrected chi connectivity index (χ2v) is 19.3. The number of ether oxygens (including phenoxy) is 2. The summed E-state index contributed by atoms with van der Waals surface area (Å²) in [6.07, 6.45) is 7.78. The molecule has 0 bridgehead atoms. The minimum Gasteiger partial charge on any atom is -0.480 e. The first-order valence-electron chi connectivity index (χ1n) is 20.8. The molecule has 0 radical (unpaired) electrons. The van der Waals surface area contributed by atoms with Gasteiger partial charge in [0.15, 0.2) is 17.0 Å². The van der Waals surface area contributed by atoms with Crippen molar-refractivity contribution < 1.29 is 29.0 Å². The van der Waals surface area contributed by atoms with Gasteiger partial charge in [0.05, 0.1) is 35.3 Å². The molecule has 4 aromatic rings. The molecule has 3 heterocycles. The number of carboxylic acid groups (broad SMARTS) is 1. The van der Waals surface area contributed by atoms with Crippen molar-refractivity contribution in [1.82, 2.24) is 45.6 Å². The van der Waals surface area contributed by atoms with Crippen LogP contribution >= 0.6 is 11.8 Å². The number of nitrogens with zero attached hydrogens (tertiary/aromatic N) is 8. The van der Waals surface area contributed by atoms with Gasteiger partial charge in [0.1, 0.15) is 6.04 Å². The van der Waals surface area contributed by atoms with Crippen LogP contribution in [0.25, 0.3) is 11.2 Å². The maximum Gasteiger partial charge on any atom is 0.326 e. The van der Waals surface area contributed by atoms with E-state index in [1.54, 1.807) is 42.2 Å². The Morgan fingerprint density at radius 2 is 1.61 bits per heavy atom. The molecule has 7 N–H and O–H groups in total. The molecule has 0 saturated carbocycles. The maximum atomic E-state index is 13.0. The van der Waals surface area contributed by atoms with E-state index in [9.17, 15) is 19.5 Å². The summed E-state index contributed by atoms with van der Waals surface area (Å²) in [5.74, 6) is -1.01. The average Bonchev–Trinajstić information content (AvgIpc) is 3.68. The second-order valence-electron chi connectivity index (χ2n) is 18.4. The Hall–Kier alpha value is -5.14. The summed E-state index contributed by atoms with van der Waals surface area (Å²) in [6, 6.07) is 5.42. The normalized spacial score (nSPS) is 12.9. The van der Waals surface area contributed by atoms with Crippen LogP contribution < -0.4 is 27.0 Å². The molecule has 1 aromatic carbocycles. The van der Waals surface area contributed by atoms with Gasteiger partial charge in [0.25, 0.3) is 5.91 Å². The molecule has 19 heteroatoms. The van der Waals surface area contributed by atoms with E-state index in [0.29, 0.717) is 56.1 Å². The van der Waals surface area contributed by atoms with Crippen LogP contribution in [0.2, 0.25) is 0 Å². The summed E-state index contributed by atoms with van der Waals surface area (Å²) in [7, 11) is 1.85. The van der Waals surface area contributed by atoms with E-state index in [1.165, 1.54) is 0 Å². The standard InChI is InChI=1S/C43H66N12O6S/c1-40(2,18-21-60-42(5,6)17-20-55-25-32(52-53-55)41(3,4)19-22-61-43(7,8)27-62-10)26-47-33(56)16-15-31(38(58)59)49-37(57)28-11-13-30(14-12-28)54(9)24-29-23-46-36-34(48-29)35(44)50-39(45)51-36/h11-14,23,25,31H,15-22,24,26-27H2,1-10H3,(H,47,56)(H,49,57)(H,58,59)(H4,44,45,46,50,51). The SMILES string of the molecule is CSCC(C)(C)OCCC(C)(C)c1cn(CCC(C)(C)OCCC(C)(C)CNC(=O)CCC(NC(=O)c2ccc(N(C)Cc3cnc4nc(N)nc(N)c4n3)cc2)C(=O)O)nn1. The van der Waals surface area contributed by atoms with Gasteiger partial charge in [-0.15, -0.1) is 5.10 Å². The number of rotatable bonds is 25. The highest BCUT2D eigenvalue weighted by molar-refractivity contribution is 7.98.